The van der Waals surface area contributed by atoms with Gasteiger partial charge < -0.3 is 10.8 Å². The summed E-state index contributed by atoms with van der Waals surface area (Å²) < 4.78 is 79.1. The molecule has 0 aliphatic rings. The van der Waals surface area contributed by atoms with Crippen molar-refractivity contribution in [3.8, 4) is 0 Å². The normalized spacial score (nSPS) is 13.6. The first-order chi connectivity index (χ1) is 12.3. The quantitative estimate of drug-likeness (QED) is 0.722. The van der Waals surface area contributed by atoms with E-state index in [0.717, 1.165) is 22.9 Å². The van der Waals surface area contributed by atoms with Crippen LogP contribution in [0.5, 0.6) is 0 Å². The molecule has 2 rings (SSSR count). The maximum absolute atomic E-state index is 13.3. The summed E-state index contributed by atoms with van der Waals surface area (Å²) in [5.41, 5.74) is 2.72. The number of hydrogen-bond acceptors (Lipinski definition) is 4. The Kier molecular flexibility index (Phi) is 5.80. The molecule has 1 aromatic carbocycles. The molecule has 0 bridgehead atoms. The molecular formula is C15H13F6N3O2S. The number of benzene rings is 1. The molecule has 0 saturated heterocycles. The molecule has 1 aromatic heterocycles. The molecule has 2 aromatic rings. The Morgan fingerprint density at radius 3 is 2.41 bits per heavy atom. The van der Waals surface area contributed by atoms with E-state index in [1.807, 2.05) is 0 Å². The molecule has 12 heteroatoms. The third-order valence-corrected chi connectivity index (χ3v) is 4.61. The Hall–Kier alpha value is -2.21. The van der Waals surface area contributed by atoms with Crippen molar-refractivity contribution in [1.82, 2.24) is 9.78 Å². The first kappa shape index (κ1) is 21.1. The number of aliphatic carboxylic acids is 1. The van der Waals surface area contributed by atoms with Crippen LogP contribution in [0.15, 0.2) is 34.2 Å². The van der Waals surface area contributed by atoms with E-state index in [1.54, 1.807) is 0 Å². The van der Waals surface area contributed by atoms with Gasteiger partial charge in [0.15, 0.2) is 5.69 Å². The number of carboxylic acid groups (broad SMARTS) is 1. The van der Waals surface area contributed by atoms with Crippen molar-refractivity contribution in [1.29, 1.82) is 0 Å². The van der Waals surface area contributed by atoms with E-state index in [1.165, 1.54) is 13.1 Å². The van der Waals surface area contributed by atoms with Crippen LogP contribution in [-0.4, -0.2) is 20.9 Å². The highest BCUT2D eigenvalue weighted by Gasteiger charge is 2.41. The lowest BCUT2D eigenvalue weighted by Crippen LogP contribution is -2.20. The van der Waals surface area contributed by atoms with Crippen molar-refractivity contribution in [3.63, 3.8) is 0 Å². The van der Waals surface area contributed by atoms with Gasteiger partial charge in [-0.25, -0.2) is 0 Å². The third kappa shape index (κ3) is 4.95. The molecule has 0 saturated carbocycles. The second-order valence-corrected chi connectivity index (χ2v) is 6.58. The molecule has 0 fully saturated rings. The van der Waals surface area contributed by atoms with Gasteiger partial charge in [-0.2, -0.15) is 31.4 Å². The molecule has 3 N–H and O–H groups in total. The van der Waals surface area contributed by atoms with E-state index in [4.69, 9.17) is 10.8 Å². The number of nitrogens with two attached hydrogens (primary N) is 1. The van der Waals surface area contributed by atoms with E-state index in [2.05, 4.69) is 5.10 Å². The van der Waals surface area contributed by atoms with Gasteiger partial charge in [0.05, 0.1) is 12.0 Å². The molecule has 1 unspecified atom stereocenters. The standard InChI is InChI=1S/C15H13F6N3O2S/c1-24-13(27-8-4-2-3-7(5-8)14(16,17)18)11(9(22)6-10(25)26)12(23-24)15(19,20)21/h2-5,9H,6,22H2,1H3,(H,25,26). The molecular weight excluding hydrogens is 400 g/mol. The number of hydrogen-bond donors (Lipinski definition) is 2. The van der Waals surface area contributed by atoms with Crippen LogP contribution in [0.3, 0.4) is 0 Å². The fourth-order valence-corrected chi connectivity index (χ4v) is 3.41. The minimum Gasteiger partial charge on any atom is -0.481 e. The van der Waals surface area contributed by atoms with Crippen LogP contribution >= 0.6 is 11.8 Å². The number of aryl methyl sites for hydroxylation is 1. The highest BCUT2D eigenvalue weighted by atomic mass is 32.2. The van der Waals surface area contributed by atoms with Crippen molar-refractivity contribution in [2.24, 2.45) is 12.8 Å². The second kappa shape index (κ2) is 7.43. The maximum atomic E-state index is 13.3. The van der Waals surface area contributed by atoms with Gasteiger partial charge in [-0.15, -0.1) is 0 Å². The Bertz CT molecular complexity index is 847. The summed E-state index contributed by atoms with van der Waals surface area (Å²) in [7, 11) is 1.17. The molecule has 1 atom stereocenters. The number of rotatable bonds is 5. The first-order valence-electron chi connectivity index (χ1n) is 7.27. The van der Waals surface area contributed by atoms with Crippen molar-refractivity contribution in [3.05, 3.63) is 41.1 Å². The van der Waals surface area contributed by atoms with Gasteiger partial charge in [-0.3, -0.25) is 9.48 Å². The van der Waals surface area contributed by atoms with E-state index >= 15 is 0 Å². The lowest BCUT2D eigenvalue weighted by molar-refractivity contribution is -0.143. The minimum atomic E-state index is -4.91. The molecule has 0 radical (unpaired) electrons. The summed E-state index contributed by atoms with van der Waals surface area (Å²) >= 11 is 0.591. The van der Waals surface area contributed by atoms with Crippen LogP contribution in [-0.2, 0) is 24.2 Å². The molecule has 0 aliphatic carbocycles. The summed E-state index contributed by atoms with van der Waals surface area (Å²) in [6.07, 6.45) is -10.3. The Morgan fingerprint density at radius 1 is 1.26 bits per heavy atom. The lowest BCUT2D eigenvalue weighted by atomic mass is 10.1. The van der Waals surface area contributed by atoms with Crippen molar-refractivity contribution >= 4 is 17.7 Å². The summed E-state index contributed by atoms with van der Waals surface area (Å²) in [5.74, 6) is -1.42. The van der Waals surface area contributed by atoms with Gasteiger partial charge in [0.1, 0.15) is 5.03 Å². The molecule has 5 nitrogen and oxygen atoms in total. The Labute approximate surface area is 153 Å². The maximum Gasteiger partial charge on any atom is 0.435 e. The summed E-state index contributed by atoms with van der Waals surface area (Å²) in [5, 5.41) is 12.0. The van der Waals surface area contributed by atoms with E-state index in [9.17, 15) is 31.1 Å². The zero-order valence-corrected chi connectivity index (χ0v) is 14.4. The largest absolute Gasteiger partial charge is 0.481 e. The molecule has 1 heterocycles. The molecule has 27 heavy (non-hydrogen) atoms. The van der Waals surface area contributed by atoms with Crippen LogP contribution in [0.4, 0.5) is 26.3 Å². The monoisotopic (exact) mass is 413 g/mol. The van der Waals surface area contributed by atoms with Gasteiger partial charge in [0.2, 0.25) is 0 Å². The molecule has 0 aliphatic heterocycles. The van der Waals surface area contributed by atoms with Crippen LogP contribution in [0.1, 0.15) is 29.3 Å². The second-order valence-electron chi connectivity index (χ2n) is 5.52. The topological polar surface area (TPSA) is 81.1 Å². The number of aromatic nitrogens is 2. The average Bonchev–Trinajstić information content (AvgIpc) is 2.83. The molecule has 0 amide bonds. The zero-order valence-electron chi connectivity index (χ0n) is 13.6. The van der Waals surface area contributed by atoms with Gasteiger partial charge in [0, 0.05) is 23.5 Å². The van der Waals surface area contributed by atoms with Crippen molar-refractivity contribution < 1.29 is 36.2 Å². The number of carbonyl (C=O) groups is 1. The highest BCUT2D eigenvalue weighted by molar-refractivity contribution is 7.99. The fraction of sp³-hybridized carbons (Fsp3) is 0.333. The fourth-order valence-electron chi connectivity index (χ4n) is 2.33. The SMILES string of the molecule is Cn1nc(C(F)(F)F)c(C(N)CC(=O)O)c1Sc1cccc(C(F)(F)F)c1. The van der Waals surface area contributed by atoms with E-state index in [-0.39, 0.29) is 9.92 Å². The van der Waals surface area contributed by atoms with Gasteiger partial charge in [-0.05, 0) is 18.2 Å². The third-order valence-electron chi connectivity index (χ3n) is 3.44. The molecule has 148 valence electrons. The van der Waals surface area contributed by atoms with Crippen molar-refractivity contribution in [2.45, 2.75) is 34.7 Å². The van der Waals surface area contributed by atoms with Crippen molar-refractivity contribution in [2.75, 3.05) is 0 Å². The van der Waals surface area contributed by atoms with Gasteiger partial charge in [-0.1, -0.05) is 17.8 Å². The zero-order chi connectivity index (χ0) is 20.6. The van der Waals surface area contributed by atoms with E-state index in [0.29, 0.717) is 11.8 Å². The van der Waals surface area contributed by atoms with Crippen LogP contribution < -0.4 is 5.73 Å². The van der Waals surface area contributed by atoms with E-state index < -0.39 is 47.6 Å². The summed E-state index contributed by atoms with van der Waals surface area (Å²) in [4.78, 5) is 10.9. The van der Waals surface area contributed by atoms with Crippen LogP contribution in [0.25, 0.3) is 0 Å². The predicted octanol–water partition coefficient (Wildman–Crippen LogP) is 4.08. The lowest BCUT2D eigenvalue weighted by Gasteiger charge is -2.14. The number of nitrogens with zero attached hydrogens (tertiary/aromatic N) is 2. The average molecular weight is 413 g/mol. The predicted molar refractivity (Wildman–Crippen MR) is 83.0 cm³/mol. The summed E-state index contributed by atoms with van der Waals surface area (Å²) in [6.45, 7) is 0. The molecule has 0 spiro atoms. The van der Waals surface area contributed by atoms with Crippen LogP contribution in [0.2, 0.25) is 0 Å². The minimum absolute atomic E-state index is 0.00493. The number of carboxylic acids is 1. The smallest absolute Gasteiger partial charge is 0.435 e. The Balaban J connectivity index is 2.53. The first-order valence-corrected chi connectivity index (χ1v) is 8.09. The van der Waals surface area contributed by atoms with Gasteiger partial charge >= 0.3 is 18.3 Å². The van der Waals surface area contributed by atoms with Crippen LogP contribution in [0, 0.1) is 0 Å². The highest BCUT2D eigenvalue weighted by Crippen LogP contribution is 2.42. The Morgan fingerprint density at radius 2 is 1.89 bits per heavy atom. The number of alkyl halides is 6. The van der Waals surface area contributed by atoms with Gasteiger partial charge in [0.25, 0.3) is 0 Å². The summed E-state index contributed by atoms with van der Waals surface area (Å²) in [6, 6.07) is 2.46. The number of halogens is 6.